The van der Waals surface area contributed by atoms with Crippen LogP contribution in [0.3, 0.4) is 0 Å². The van der Waals surface area contributed by atoms with Crippen molar-refractivity contribution in [1.29, 1.82) is 0 Å². The third kappa shape index (κ3) is 5.03. The molecule has 3 rings (SSSR count). The van der Waals surface area contributed by atoms with Crippen molar-refractivity contribution in [3.63, 3.8) is 0 Å². The van der Waals surface area contributed by atoms with Crippen LogP contribution in [0.2, 0.25) is 10.0 Å². The van der Waals surface area contributed by atoms with Gasteiger partial charge >= 0.3 is 0 Å². The molecule has 0 heterocycles. The highest BCUT2D eigenvalue weighted by Gasteiger charge is 2.14. The normalized spacial score (nSPS) is 10.2. The molecule has 0 aliphatic carbocycles. The van der Waals surface area contributed by atoms with Crippen molar-refractivity contribution in [3.8, 4) is 5.75 Å². The fraction of sp³-hybridized carbons (Fsp3) is 0.0476. The number of ether oxygens (including phenoxy) is 1. The number of rotatable bonds is 5. The maximum Gasteiger partial charge on any atom is 0.273 e. The van der Waals surface area contributed by atoms with Crippen molar-refractivity contribution in [2.24, 2.45) is 0 Å². The van der Waals surface area contributed by atoms with E-state index in [0.717, 1.165) is 5.56 Å². The summed E-state index contributed by atoms with van der Waals surface area (Å²) in [6.45, 7) is 0.320. The minimum Gasteiger partial charge on any atom is -0.488 e. The molecular formula is C21H16Cl2N2O3. The van der Waals surface area contributed by atoms with Gasteiger partial charge in [-0.2, -0.15) is 0 Å². The maximum absolute atomic E-state index is 12.5. The number of carbonyl (C=O) groups excluding carboxylic acids is 2. The minimum absolute atomic E-state index is 0.250. The summed E-state index contributed by atoms with van der Waals surface area (Å²) < 4.78 is 5.76. The molecule has 0 spiro atoms. The predicted octanol–water partition coefficient (Wildman–Crippen LogP) is 4.65. The average molecular weight is 415 g/mol. The summed E-state index contributed by atoms with van der Waals surface area (Å²) in [5.74, 6) is -0.612. The zero-order valence-corrected chi connectivity index (χ0v) is 16.1. The summed E-state index contributed by atoms with van der Waals surface area (Å²) in [4.78, 5) is 24.7. The van der Waals surface area contributed by atoms with Crippen LogP contribution in [0, 0.1) is 0 Å². The maximum atomic E-state index is 12.5. The van der Waals surface area contributed by atoms with Crippen LogP contribution in [0.1, 0.15) is 26.3 Å². The number of amides is 2. The van der Waals surface area contributed by atoms with Gasteiger partial charge in [0.25, 0.3) is 11.8 Å². The molecule has 2 amide bonds. The van der Waals surface area contributed by atoms with Crippen molar-refractivity contribution in [2.45, 2.75) is 6.61 Å². The van der Waals surface area contributed by atoms with E-state index in [2.05, 4.69) is 10.9 Å². The topological polar surface area (TPSA) is 67.4 Å². The highest BCUT2D eigenvalue weighted by molar-refractivity contribution is 6.42. The number of nitrogens with one attached hydrogen (secondary N) is 2. The predicted molar refractivity (Wildman–Crippen MR) is 109 cm³/mol. The first-order valence-corrected chi connectivity index (χ1v) is 9.11. The van der Waals surface area contributed by atoms with E-state index in [9.17, 15) is 9.59 Å². The van der Waals surface area contributed by atoms with Gasteiger partial charge in [-0.05, 0) is 35.9 Å². The number of para-hydroxylation sites is 1. The molecule has 0 aliphatic heterocycles. The van der Waals surface area contributed by atoms with Gasteiger partial charge in [-0.1, -0.05) is 65.7 Å². The monoisotopic (exact) mass is 414 g/mol. The standard InChI is InChI=1S/C21H16Cl2N2O3/c22-17-11-10-15(12-18(17)23)20(26)24-25-21(27)16-8-4-5-9-19(16)28-13-14-6-2-1-3-7-14/h1-12H,13H2,(H,24,26)(H,25,27). The molecule has 3 aromatic carbocycles. The summed E-state index contributed by atoms with van der Waals surface area (Å²) >= 11 is 11.7. The minimum atomic E-state index is -0.519. The van der Waals surface area contributed by atoms with Crippen LogP contribution in [0.5, 0.6) is 5.75 Å². The molecule has 0 radical (unpaired) electrons. The zero-order chi connectivity index (χ0) is 19.9. The summed E-state index contributed by atoms with van der Waals surface area (Å²) in [5.41, 5.74) is 6.27. The molecular weight excluding hydrogens is 399 g/mol. The first kappa shape index (κ1) is 19.7. The highest BCUT2D eigenvalue weighted by atomic mass is 35.5. The summed E-state index contributed by atoms with van der Waals surface area (Å²) in [6.07, 6.45) is 0. The molecule has 0 bridgehead atoms. The van der Waals surface area contributed by atoms with Crippen LogP contribution in [-0.4, -0.2) is 11.8 Å². The van der Waals surface area contributed by atoms with Crippen LogP contribution in [0.15, 0.2) is 72.8 Å². The van der Waals surface area contributed by atoms with Crippen molar-refractivity contribution in [3.05, 3.63) is 99.5 Å². The quantitative estimate of drug-likeness (QED) is 0.597. The second-order valence-corrected chi connectivity index (χ2v) is 6.62. The van der Waals surface area contributed by atoms with Crippen LogP contribution >= 0.6 is 23.2 Å². The third-order valence-electron chi connectivity index (χ3n) is 3.84. The number of hydrogen-bond donors (Lipinski definition) is 2. The van der Waals surface area contributed by atoms with Gasteiger partial charge in [-0.3, -0.25) is 20.4 Å². The van der Waals surface area contributed by atoms with E-state index in [1.165, 1.54) is 18.2 Å². The Hall–Kier alpha value is -3.02. The molecule has 3 aromatic rings. The molecule has 7 heteroatoms. The molecule has 0 atom stereocenters. The first-order chi connectivity index (χ1) is 13.5. The molecule has 0 unspecified atom stereocenters. The Bertz CT molecular complexity index is 994. The van der Waals surface area contributed by atoms with E-state index < -0.39 is 11.8 Å². The number of benzene rings is 3. The summed E-state index contributed by atoms with van der Waals surface area (Å²) in [6, 6.07) is 20.8. The van der Waals surface area contributed by atoms with Crippen molar-refractivity contribution < 1.29 is 14.3 Å². The van der Waals surface area contributed by atoms with E-state index in [1.54, 1.807) is 24.3 Å². The molecule has 0 fully saturated rings. The number of hydrogen-bond acceptors (Lipinski definition) is 3. The summed E-state index contributed by atoms with van der Waals surface area (Å²) in [5, 5.41) is 0.590. The Morgan fingerprint density at radius 2 is 1.46 bits per heavy atom. The van der Waals surface area contributed by atoms with Crippen LogP contribution in [-0.2, 0) is 6.61 Å². The molecule has 2 N–H and O–H groups in total. The molecule has 0 aromatic heterocycles. The number of carbonyl (C=O) groups is 2. The van der Waals surface area contributed by atoms with Crippen molar-refractivity contribution in [2.75, 3.05) is 0 Å². The third-order valence-corrected chi connectivity index (χ3v) is 4.58. The van der Waals surface area contributed by atoms with E-state index in [-0.39, 0.29) is 10.6 Å². The van der Waals surface area contributed by atoms with Gasteiger partial charge < -0.3 is 4.74 Å². The average Bonchev–Trinajstić information content (AvgIpc) is 2.73. The molecule has 28 heavy (non-hydrogen) atoms. The first-order valence-electron chi connectivity index (χ1n) is 8.36. The largest absolute Gasteiger partial charge is 0.488 e. The molecule has 0 saturated carbocycles. The van der Waals surface area contributed by atoms with Gasteiger partial charge in [0, 0.05) is 5.56 Å². The van der Waals surface area contributed by atoms with Gasteiger partial charge in [0.2, 0.25) is 0 Å². The zero-order valence-electron chi connectivity index (χ0n) is 14.6. The van der Waals surface area contributed by atoms with E-state index >= 15 is 0 Å². The van der Waals surface area contributed by atoms with Crippen LogP contribution in [0.25, 0.3) is 0 Å². The van der Waals surface area contributed by atoms with Gasteiger partial charge in [-0.15, -0.1) is 0 Å². The molecule has 0 saturated heterocycles. The molecule has 0 aliphatic rings. The Morgan fingerprint density at radius 1 is 0.786 bits per heavy atom. The van der Waals surface area contributed by atoms with Crippen LogP contribution in [0.4, 0.5) is 0 Å². The summed E-state index contributed by atoms with van der Waals surface area (Å²) in [7, 11) is 0. The van der Waals surface area contributed by atoms with Crippen LogP contribution < -0.4 is 15.6 Å². The van der Waals surface area contributed by atoms with Gasteiger partial charge in [-0.25, -0.2) is 0 Å². The lowest BCUT2D eigenvalue weighted by atomic mass is 10.2. The molecule has 142 valence electrons. The second-order valence-electron chi connectivity index (χ2n) is 5.81. The Kier molecular flexibility index (Phi) is 6.53. The fourth-order valence-corrected chi connectivity index (χ4v) is 2.70. The highest BCUT2D eigenvalue weighted by Crippen LogP contribution is 2.22. The lowest BCUT2D eigenvalue weighted by Crippen LogP contribution is -2.41. The smallest absolute Gasteiger partial charge is 0.273 e. The van der Waals surface area contributed by atoms with E-state index in [0.29, 0.717) is 22.9 Å². The lowest BCUT2D eigenvalue weighted by Gasteiger charge is -2.12. The Labute approximate surface area is 172 Å². The lowest BCUT2D eigenvalue weighted by molar-refractivity contribution is 0.0844. The fourth-order valence-electron chi connectivity index (χ4n) is 2.41. The van der Waals surface area contributed by atoms with Gasteiger partial charge in [0.15, 0.2) is 0 Å². The molecule has 5 nitrogen and oxygen atoms in total. The van der Waals surface area contributed by atoms with E-state index in [4.69, 9.17) is 27.9 Å². The SMILES string of the molecule is O=C(NNC(=O)c1ccccc1OCc1ccccc1)c1ccc(Cl)c(Cl)c1. The van der Waals surface area contributed by atoms with Crippen molar-refractivity contribution in [1.82, 2.24) is 10.9 Å². The Morgan fingerprint density at radius 3 is 2.21 bits per heavy atom. The second kappa shape index (κ2) is 9.26. The van der Waals surface area contributed by atoms with Gasteiger partial charge in [0.05, 0.1) is 15.6 Å². The van der Waals surface area contributed by atoms with Gasteiger partial charge in [0.1, 0.15) is 12.4 Å². The number of hydrazine groups is 1. The van der Waals surface area contributed by atoms with Crippen molar-refractivity contribution >= 4 is 35.0 Å². The Balaban J connectivity index is 1.64. The number of halogens is 2. The van der Waals surface area contributed by atoms with E-state index in [1.807, 2.05) is 30.3 Å².